The highest BCUT2D eigenvalue weighted by molar-refractivity contribution is 5.73. The third-order valence-electron chi connectivity index (χ3n) is 2.01. The van der Waals surface area contributed by atoms with Crippen LogP contribution in [0.5, 0.6) is 5.75 Å². The maximum Gasteiger partial charge on any atom is 0.320 e. The van der Waals surface area contributed by atoms with Crippen LogP contribution in [0.4, 0.5) is 4.39 Å². The highest BCUT2D eigenvalue weighted by Crippen LogP contribution is 2.17. The number of aliphatic carboxylic acids is 1. The molecule has 0 radical (unpaired) electrons. The normalized spacial score (nSPS) is 12.2. The van der Waals surface area contributed by atoms with Gasteiger partial charge in [-0.15, -0.1) is 0 Å². The molecule has 0 aliphatic carbocycles. The molecule has 4 nitrogen and oxygen atoms in total. The summed E-state index contributed by atoms with van der Waals surface area (Å²) in [6.45, 7) is 0. The maximum atomic E-state index is 13.2. The molecular formula is C10H12FNO3. The number of rotatable bonds is 4. The number of carbonyl (C=O) groups is 1. The van der Waals surface area contributed by atoms with Crippen molar-refractivity contribution < 1.29 is 19.0 Å². The average Bonchev–Trinajstić information content (AvgIpc) is 2.21. The van der Waals surface area contributed by atoms with E-state index in [1.54, 1.807) is 0 Å². The summed E-state index contributed by atoms with van der Waals surface area (Å²) in [5.41, 5.74) is 5.54. The molecule has 82 valence electrons. The molecule has 0 fully saturated rings. The van der Waals surface area contributed by atoms with Crippen molar-refractivity contribution in [2.75, 3.05) is 7.11 Å². The number of nitrogens with two attached hydrogens (primary N) is 1. The van der Waals surface area contributed by atoms with Crippen molar-refractivity contribution in [3.8, 4) is 5.75 Å². The van der Waals surface area contributed by atoms with Gasteiger partial charge in [-0.1, -0.05) is 0 Å². The maximum absolute atomic E-state index is 13.2. The van der Waals surface area contributed by atoms with Crippen LogP contribution in [0.15, 0.2) is 18.2 Å². The molecule has 0 saturated carbocycles. The lowest BCUT2D eigenvalue weighted by atomic mass is 10.1. The molecule has 0 aromatic heterocycles. The lowest BCUT2D eigenvalue weighted by molar-refractivity contribution is -0.138. The van der Waals surface area contributed by atoms with E-state index in [9.17, 15) is 9.18 Å². The molecule has 0 bridgehead atoms. The van der Waals surface area contributed by atoms with E-state index in [1.165, 1.54) is 25.3 Å². The molecule has 15 heavy (non-hydrogen) atoms. The molecule has 3 N–H and O–H groups in total. The molecule has 0 amide bonds. The molecule has 0 heterocycles. The Labute approximate surface area is 86.5 Å². The molecular weight excluding hydrogens is 200 g/mol. The minimum absolute atomic E-state index is 0.0572. The molecule has 0 aliphatic heterocycles. The third-order valence-corrected chi connectivity index (χ3v) is 2.01. The van der Waals surface area contributed by atoms with E-state index >= 15 is 0 Å². The van der Waals surface area contributed by atoms with Crippen LogP contribution in [0, 0.1) is 5.82 Å². The second-order valence-electron chi connectivity index (χ2n) is 3.11. The van der Waals surface area contributed by atoms with Gasteiger partial charge in [0.25, 0.3) is 0 Å². The van der Waals surface area contributed by atoms with E-state index in [2.05, 4.69) is 0 Å². The molecule has 1 aromatic rings. The first-order chi connectivity index (χ1) is 7.04. The Bertz CT molecular complexity index is 368. The lowest BCUT2D eigenvalue weighted by Gasteiger charge is -2.08. The number of carboxylic acid groups (broad SMARTS) is 1. The monoisotopic (exact) mass is 212 g/mol. The van der Waals surface area contributed by atoms with Crippen molar-refractivity contribution in [2.24, 2.45) is 5.73 Å². The smallest absolute Gasteiger partial charge is 0.320 e. The fourth-order valence-corrected chi connectivity index (χ4v) is 1.16. The molecule has 1 atom stereocenters. The van der Waals surface area contributed by atoms with Crippen molar-refractivity contribution >= 4 is 5.97 Å². The van der Waals surface area contributed by atoms with Crippen LogP contribution in [0.3, 0.4) is 0 Å². The Morgan fingerprint density at radius 3 is 2.87 bits per heavy atom. The van der Waals surface area contributed by atoms with Gasteiger partial charge in [0.2, 0.25) is 0 Å². The van der Waals surface area contributed by atoms with Gasteiger partial charge >= 0.3 is 5.97 Å². The largest absolute Gasteiger partial charge is 0.497 e. The van der Waals surface area contributed by atoms with Crippen molar-refractivity contribution in [3.05, 3.63) is 29.6 Å². The predicted octanol–water partition coefficient (Wildman–Crippen LogP) is 0.789. The van der Waals surface area contributed by atoms with E-state index < -0.39 is 17.8 Å². The standard InChI is InChI=1S/C10H12FNO3/c1-15-7-2-3-8(11)6(4-7)5-9(12)10(13)14/h2-4,9H,5,12H2,1H3,(H,13,14)/i11-1. The number of hydrogen-bond donors (Lipinski definition) is 2. The summed E-state index contributed by atoms with van der Waals surface area (Å²) in [5, 5.41) is 8.58. The highest BCUT2D eigenvalue weighted by Gasteiger charge is 2.15. The zero-order valence-corrected chi connectivity index (χ0v) is 8.24. The van der Waals surface area contributed by atoms with E-state index in [0.29, 0.717) is 5.75 Å². The topological polar surface area (TPSA) is 72.5 Å². The van der Waals surface area contributed by atoms with E-state index in [1.807, 2.05) is 0 Å². The molecule has 5 heteroatoms. The van der Waals surface area contributed by atoms with E-state index in [0.717, 1.165) is 0 Å². The Morgan fingerprint density at radius 2 is 2.33 bits per heavy atom. The van der Waals surface area contributed by atoms with Gasteiger partial charge in [0.05, 0.1) is 7.11 Å². The Morgan fingerprint density at radius 1 is 1.67 bits per heavy atom. The quantitative estimate of drug-likeness (QED) is 0.773. The molecule has 1 aromatic carbocycles. The predicted molar refractivity (Wildman–Crippen MR) is 52.3 cm³/mol. The minimum atomic E-state index is -1.16. The summed E-state index contributed by atoms with van der Waals surface area (Å²) >= 11 is 0. The van der Waals surface area contributed by atoms with Crippen LogP contribution in [0.25, 0.3) is 0 Å². The van der Waals surface area contributed by atoms with Crippen LogP contribution in [-0.2, 0) is 11.2 Å². The van der Waals surface area contributed by atoms with Crippen LogP contribution >= 0.6 is 0 Å². The van der Waals surface area contributed by atoms with Gasteiger partial charge in [0, 0.05) is 6.42 Å². The summed E-state index contributed by atoms with van der Waals surface area (Å²) < 4.78 is 18.1. The van der Waals surface area contributed by atoms with Crippen molar-refractivity contribution in [2.45, 2.75) is 12.5 Å². The third kappa shape index (κ3) is 2.92. The first-order valence-corrected chi connectivity index (χ1v) is 4.35. The van der Waals surface area contributed by atoms with Crippen molar-refractivity contribution in [1.82, 2.24) is 0 Å². The van der Waals surface area contributed by atoms with Crippen molar-refractivity contribution in [3.63, 3.8) is 0 Å². The summed E-state index contributed by atoms with van der Waals surface area (Å²) in [4.78, 5) is 10.5. The van der Waals surface area contributed by atoms with Crippen LogP contribution in [-0.4, -0.2) is 24.2 Å². The zero-order chi connectivity index (χ0) is 11.4. The average molecular weight is 212 g/mol. The number of methoxy groups -OCH3 is 1. The van der Waals surface area contributed by atoms with Gasteiger partial charge in [0.15, 0.2) is 0 Å². The van der Waals surface area contributed by atoms with E-state index in [-0.39, 0.29) is 12.0 Å². The molecule has 1 unspecified atom stereocenters. The number of carboxylic acids is 1. The second-order valence-corrected chi connectivity index (χ2v) is 3.11. The Hall–Kier alpha value is -1.62. The zero-order valence-electron chi connectivity index (χ0n) is 8.24. The number of benzene rings is 1. The number of ether oxygens (including phenoxy) is 1. The Kier molecular flexibility index (Phi) is 3.62. The van der Waals surface area contributed by atoms with Gasteiger partial charge in [-0.2, -0.15) is 0 Å². The van der Waals surface area contributed by atoms with Crippen LogP contribution in [0.2, 0.25) is 0 Å². The van der Waals surface area contributed by atoms with Gasteiger partial charge in [-0.05, 0) is 23.8 Å². The minimum Gasteiger partial charge on any atom is -0.497 e. The van der Waals surface area contributed by atoms with Crippen molar-refractivity contribution in [1.29, 1.82) is 0 Å². The fraction of sp³-hybridized carbons (Fsp3) is 0.300. The SMILES string of the molecule is COc1ccc([18F])c(CC(N)C(=O)O)c1. The summed E-state index contributed by atoms with van der Waals surface area (Å²) in [6.07, 6.45) is -0.0572. The number of halogens is 1. The van der Waals surface area contributed by atoms with E-state index in [4.69, 9.17) is 15.6 Å². The van der Waals surface area contributed by atoms with Crippen LogP contribution in [0.1, 0.15) is 5.56 Å². The molecule has 0 aliphatic rings. The number of hydrogen-bond acceptors (Lipinski definition) is 3. The van der Waals surface area contributed by atoms with Gasteiger partial charge in [-0.3, -0.25) is 4.79 Å². The molecule has 1 rings (SSSR count). The summed E-state index contributed by atoms with van der Waals surface area (Å²) in [7, 11) is 1.45. The van der Waals surface area contributed by atoms with Gasteiger partial charge in [-0.25, -0.2) is 4.39 Å². The first kappa shape index (κ1) is 11.5. The molecule has 0 saturated heterocycles. The second kappa shape index (κ2) is 4.75. The van der Waals surface area contributed by atoms with Gasteiger partial charge < -0.3 is 15.6 Å². The Balaban J connectivity index is 2.88. The van der Waals surface area contributed by atoms with Crippen LogP contribution < -0.4 is 10.5 Å². The summed E-state index contributed by atoms with van der Waals surface area (Å²) in [5.74, 6) is -1.16. The fourth-order valence-electron chi connectivity index (χ4n) is 1.16. The summed E-state index contributed by atoms with van der Waals surface area (Å²) in [6, 6.07) is 3.03. The van der Waals surface area contributed by atoms with Gasteiger partial charge in [0.1, 0.15) is 17.6 Å². The first-order valence-electron chi connectivity index (χ1n) is 4.35. The lowest BCUT2D eigenvalue weighted by Crippen LogP contribution is -2.32. The molecule has 0 spiro atoms. The highest BCUT2D eigenvalue weighted by atomic mass is 18.2.